The lowest BCUT2D eigenvalue weighted by atomic mass is 10.3. The fourth-order valence-corrected chi connectivity index (χ4v) is 1.94. The lowest BCUT2D eigenvalue weighted by Crippen LogP contribution is -2.19. The second kappa shape index (κ2) is 5.32. The normalized spacial score (nSPS) is 10.7. The smallest absolute Gasteiger partial charge is 0.140 e. The summed E-state index contributed by atoms with van der Waals surface area (Å²) in [6.45, 7) is 0.445. The fraction of sp³-hybridized carbons (Fsp3) is 0.364. The Morgan fingerprint density at radius 1 is 1.44 bits per heavy atom. The monoisotopic (exact) mass is 267 g/mol. The summed E-state index contributed by atoms with van der Waals surface area (Å²) in [5, 5.41) is 13.7. The van der Waals surface area contributed by atoms with Crippen LogP contribution in [0.4, 0.5) is 5.82 Å². The molecular weight excluding hydrogens is 254 g/mol. The lowest BCUT2D eigenvalue weighted by Gasteiger charge is -2.19. The molecule has 18 heavy (non-hydrogen) atoms. The molecule has 0 amide bonds. The Kier molecular flexibility index (Phi) is 3.78. The van der Waals surface area contributed by atoms with Crippen LogP contribution in [0, 0.1) is 0 Å². The largest absolute Gasteiger partial charge is 0.391 e. The Morgan fingerprint density at radius 2 is 2.22 bits per heavy atom. The van der Waals surface area contributed by atoms with E-state index in [1.165, 1.54) is 6.33 Å². The first kappa shape index (κ1) is 12.8. The second-order valence-corrected chi connectivity index (χ2v) is 4.36. The molecule has 0 aliphatic rings. The minimum atomic E-state index is -0.188. The number of aryl methyl sites for hydroxylation is 1. The van der Waals surface area contributed by atoms with Gasteiger partial charge in [0, 0.05) is 32.4 Å². The van der Waals surface area contributed by atoms with Crippen molar-refractivity contribution in [3.8, 4) is 0 Å². The Hall–Kier alpha value is -1.66. The van der Waals surface area contributed by atoms with Gasteiger partial charge in [0.15, 0.2) is 0 Å². The van der Waals surface area contributed by atoms with Gasteiger partial charge in [-0.1, -0.05) is 11.6 Å². The van der Waals surface area contributed by atoms with Gasteiger partial charge in [0.05, 0.1) is 18.4 Å². The Labute approximate surface area is 110 Å². The van der Waals surface area contributed by atoms with E-state index in [0.717, 1.165) is 5.56 Å². The van der Waals surface area contributed by atoms with Gasteiger partial charge in [0.2, 0.25) is 0 Å². The molecule has 0 atom stereocenters. The van der Waals surface area contributed by atoms with Gasteiger partial charge in [0.25, 0.3) is 0 Å². The molecule has 0 saturated heterocycles. The highest BCUT2D eigenvalue weighted by molar-refractivity contribution is 6.30. The number of aliphatic hydroxyl groups excluding tert-OH is 1. The van der Waals surface area contributed by atoms with E-state index in [9.17, 15) is 5.11 Å². The van der Waals surface area contributed by atoms with Crippen LogP contribution in [-0.4, -0.2) is 31.9 Å². The van der Waals surface area contributed by atoms with E-state index in [1.54, 1.807) is 10.9 Å². The Morgan fingerprint density at radius 3 is 2.83 bits per heavy atom. The van der Waals surface area contributed by atoms with E-state index in [4.69, 9.17) is 11.6 Å². The first-order valence-electron chi connectivity index (χ1n) is 5.40. The van der Waals surface area contributed by atoms with Crippen molar-refractivity contribution in [3.05, 3.63) is 35.0 Å². The maximum absolute atomic E-state index is 9.31. The van der Waals surface area contributed by atoms with E-state index in [-0.39, 0.29) is 11.8 Å². The highest BCUT2D eigenvalue weighted by Crippen LogP contribution is 2.23. The third-order valence-electron chi connectivity index (χ3n) is 2.57. The van der Waals surface area contributed by atoms with E-state index >= 15 is 0 Å². The number of hydrogen-bond acceptors (Lipinski definition) is 5. The minimum Gasteiger partial charge on any atom is -0.391 e. The predicted octanol–water partition coefficient (Wildman–Crippen LogP) is 0.992. The van der Waals surface area contributed by atoms with Crippen molar-refractivity contribution in [2.45, 2.75) is 13.2 Å². The number of halogens is 1. The predicted molar refractivity (Wildman–Crippen MR) is 68.3 cm³/mol. The summed E-state index contributed by atoms with van der Waals surface area (Å²) in [6.07, 6.45) is 5.10. The number of nitrogens with zero attached hydrogens (tertiary/aromatic N) is 5. The van der Waals surface area contributed by atoms with Crippen LogP contribution in [-0.2, 0) is 20.2 Å². The van der Waals surface area contributed by atoms with Gasteiger partial charge in [-0.2, -0.15) is 5.10 Å². The number of aromatic nitrogens is 4. The average molecular weight is 268 g/mol. The molecule has 96 valence electrons. The van der Waals surface area contributed by atoms with Crippen molar-refractivity contribution < 1.29 is 5.11 Å². The molecule has 0 unspecified atom stereocenters. The van der Waals surface area contributed by atoms with Crippen LogP contribution in [0.2, 0.25) is 5.15 Å². The second-order valence-electron chi connectivity index (χ2n) is 4.00. The SMILES string of the molecule is CN(Cc1cnn(C)c1)c1ncnc(Cl)c1CO. The summed E-state index contributed by atoms with van der Waals surface area (Å²) in [5.74, 6) is 0.626. The zero-order valence-electron chi connectivity index (χ0n) is 10.2. The molecule has 2 aromatic rings. The Bertz CT molecular complexity index is 542. The van der Waals surface area contributed by atoms with Gasteiger partial charge in [-0.25, -0.2) is 9.97 Å². The van der Waals surface area contributed by atoms with E-state index < -0.39 is 0 Å². The average Bonchev–Trinajstić information content (AvgIpc) is 2.74. The molecule has 0 spiro atoms. The molecule has 2 rings (SSSR count). The molecule has 0 saturated carbocycles. The first-order chi connectivity index (χ1) is 8.61. The number of hydrogen-bond donors (Lipinski definition) is 1. The van der Waals surface area contributed by atoms with Crippen LogP contribution in [0.1, 0.15) is 11.1 Å². The van der Waals surface area contributed by atoms with Gasteiger partial charge in [0.1, 0.15) is 17.3 Å². The molecule has 0 aliphatic heterocycles. The zero-order valence-corrected chi connectivity index (χ0v) is 11.0. The molecule has 0 aliphatic carbocycles. The third-order valence-corrected chi connectivity index (χ3v) is 2.89. The summed E-state index contributed by atoms with van der Waals surface area (Å²) in [4.78, 5) is 9.91. The van der Waals surface area contributed by atoms with Gasteiger partial charge >= 0.3 is 0 Å². The summed E-state index contributed by atoms with van der Waals surface area (Å²) in [7, 11) is 3.75. The summed E-state index contributed by atoms with van der Waals surface area (Å²) < 4.78 is 1.74. The van der Waals surface area contributed by atoms with Crippen LogP contribution in [0.15, 0.2) is 18.7 Å². The van der Waals surface area contributed by atoms with Crippen LogP contribution >= 0.6 is 11.6 Å². The van der Waals surface area contributed by atoms with E-state index in [2.05, 4.69) is 15.1 Å². The molecule has 6 nitrogen and oxygen atoms in total. The molecule has 0 bridgehead atoms. The Balaban J connectivity index is 2.23. The summed E-state index contributed by atoms with van der Waals surface area (Å²) >= 11 is 5.93. The maximum Gasteiger partial charge on any atom is 0.140 e. The van der Waals surface area contributed by atoms with Crippen molar-refractivity contribution in [3.63, 3.8) is 0 Å². The standard InChI is InChI=1S/C11H14ClN5O/c1-16(4-8-3-15-17(2)5-8)11-9(6-18)10(12)13-7-14-11/h3,5,7,18H,4,6H2,1-2H3. The van der Waals surface area contributed by atoms with Crippen molar-refractivity contribution in [2.24, 2.45) is 7.05 Å². The highest BCUT2D eigenvalue weighted by atomic mass is 35.5. The first-order valence-corrected chi connectivity index (χ1v) is 5.78. The molecule has 2 aromatic heterocycles. The fourth-order valence-electron chi connectivity index (χ4n) is 1.75. The van der Waals surface area contributed by atoms with Crippen LogP contribution in [0.3, 0.4) is 0 Å². The lowest BCUT2D eigenvalue weighted by molar-refractivity contribution is 0.281. The van der Waals surface area contributed by atoms with Crippen molar-refractivity contribution in [2.75, 3.05) is 11.9 Å². The quantitative estimate of drug-likeness (QED) is 0.837. The third kappa shape index (κ3) is 2.60. The van der Waals surface area contributed by atoms with Gasteiger partial charge in [-0.3, -0.25) is 4.68 Å². The van der Waals surface area contributed by atoms with Crippen molar-refractivity contribution in [1.29, 1.82) is 0 Å². The minimum absolute atomic E-state index is 0.188. The van der Waals surface area contributed by atoms with Crippen molar-refractivity contribution in [1.82, 2.24) is 19.7 Å². The van der Waals surface area contributed by atoms with Gasteiger partial charge < -0.3 is 10.0 Å². The van der Waals surface area contributed by atoms with Gasteiger partial charge in [-0.15, -0.1) is 0 Å². The zero-order chi connectivity index (χ0) is 13.1. The van der Waals surface area contributed by atoms with Crippen LogP contribution < -0.4 is 4.90 Å². The van der Waals surface area contributed by atoms with Crippen molar-refractivity contribution >= 4 is 17.4 Å². The molecule has 1 N–H and O–H groups in total. The molecular formula is C11H14ClN5O. The number of aliphatic hydroxyl groups is 1. The maximum atomic E-state index is 9.31. The molecule has 7 heteroatoms. The molecule has 0 fully saturated rings. The molecule has 0 aromatic carbocycles. The number of rotatable bonds is 4. The van der Waals surface area contributed by atoms with Gasteiger partial charge in [-0.05, 0) is 0 Å². The van der Waals surface area contributed by atoms with E-state index in [1.807, 2.05) is 25.2 Å². The van der Waals surface area contributed by atoms with E-state index in [0.29, 0.717) is 17.9 Å². The molecule has 2 heterocycles. The molecule has 0 radical (unpaired) electrons. The van der Waals surface area contributed by atoms with Crippen LogP contribution in [0.5, 0.6) is 0 Å². The number of anilines is 1. The topological polar surface area (TPSA) is 67.1 Å². The summed E-state index contributed by atoms with van der Waals surface area (Å²) in [6, 6.07) is 0. The van der Waals surface area contributed by atoms with Crippen LogP contribution in [0.25, 0.3) is 0 Å². The summed E-state index contributed by atoms with van der Waals surface area (Å²) in [5.41, 5.74) is 1.59. The highest BCUT2D eigenvalue weighted by Gasteiger charge is 2.13.